The molecular weight excluding hydrogens is 236 g/mol. The van der Waals surface area contributed by atoms with Gasteiger partial charge in [0.15, 0.2) is 0 Å². The van der Waals surface area contributed by atoms with Gasteiger partial charge in [-0.15, -0.1) is 0 Å². The molecule has 19 heavy (non-hydrogen) atoms. The van der Waals surface area contributed by atoms with Gasteiger partial charge in [0.1, 0.15) is 5.75 Å². The van der Waals surface area contributed by atoms with Crippen LogP contribution in [0, 0.1) is 0 Å². The summed E-state index contributed by atoms with van der Waals surface area (Å²) < 4.78 is 5.40. The van der Waals surface area contributed by atoms with E-state index < -0.39 is 0 Å². The smallest absolute Gasteiger partial charge is 0.141 e. The summed E-state index contributed by atoms with van der Waals surface area (Å²) >= 11 is 0. The van der Waals surface area contributed by atoms with E-state index >= 15 is 0 Å². The van der Waals surface area contributed by atoms with Crippen LogP contribution in [0.15, 0.2) is 18.2 Å². The van der Waals surface area contributed by atoms with Crippen LogP contribution in [0.25, 0.3) is 0 Å². The molecule has 0 radical (unpaired) electrons. The Morgan fingerprint density at radius 2 is 1.79 bits per heavy atom. The van der Waals surface area contributed by atoms with Crippen LogP contribution in [0.4, 0.5) is 5.69 Å². The molecule has 0 bridgehead atoms. The number of methoxy groups -OCH3 is 1. The molecule has 3 heteroatoms. The van der Waals surface area contributed by atoms with E-state index in [0.29, 0.717) is 0 Å². The number of anilines is 1. The fraction of sp³-hybridized carbons (Fsp3) is 0.625. The van der Waals surface area contributed by atoms with Crippen LogP contribution < -0.4 is 15.8 Å². The predicted octanol–water partition coefficient (Wildman–Crippen LogP) is 3.53. The summed E-state index contributed by atoms with van der Waals surface area (Å²) in [6.45, 7) is 11.5. The topological polar surface area (TPSA) is 47.3 Å². The minimum Gasteiger partial charge on any atom is -0.495 e. The first kappa shape index (κ1) is 15.8. The van der Waals surface area contributed by atoms with Crippen molar-refractivity contribution in [3.8, 4) is 5.75 Å². The quantitative estimate of drug-likeness (QED) is 0.855. The molecule has 1 aromatic carbocycles. The number of nitrogens with two attached hydrogens (primary N) is 1. The Labute approximate surface area is 117 Å². The lowest BCUT2D eigenvalue weighted by atomic mass is 9.87. The number of rotatable bonds is 5. The molecule has 0 aromatic heterocycles. The Bertz CT molecular complexity index is 414. The molecule has 108 valence electrons. The molecule has 1 aromatic rings. The second kappa shape index (κ2) is 5.83. The maximum Gasteiger partial charge on any atom is 0.141 e. The number of hydrogen-bond acceptors (Lipinski definition) is 3. The van der Waals surface area contributed by atoms with Gasteiger partial charge in [-0.1, -0.05) is 26.8 Å². The normalized spacial score (nSPS) is 12.4. The highest BCUT2D eigenvalue weighted by atomic mass is 16.5. The van der Waals surface area contributed by atoms with Gasteiger partial charge in [-0.05, 0) is 43.4 Å². The van der Waals surface area contributed by atoms with E-state index in [9.17, 15) is 0 Å². The highest BCUT2D eigenvalue weighted by molar-refractivity contribution is 5.59. The van der Waals surface area contributed by atoms with Crippen molar-refractivity contribution in [2.75, 3.05) is 19.0 Å². The molecule has 0 saturated carbocycles. The van der Waals surface area contributed by atoms with Gasteiger partial charge in [-0.25, -0.2) is 0 Å². The zero-order chi connectivity index (χ0) is 14.7. The molecule has 0 aliphatic rings. The van der Waals surface area contributed by atoms with Gasteiger partial charge >= 0.3 is 0 Å². The summed E-state index contributed by atoms with van der Waals surface area (Å²) in [5.41, 5.74) is 8.32. The summed E-state index contributed by atoms with van der Waals surface area (Å²) in [4.78, 5) is 0. The predicted molar refractivity (Wildman–Crippen MR) is 83.1 cm³/mol. The summed E-state index contributed by atoms with van der Waals surface area (Å²) in [5, 5.41) is 3.43. The third kappa shape index (κ3) is 5.11. The van der Waals surface area contributed by atoms with E-state index in [4.69, 9.17) is 10.5 Å². The number of benzene rings is 1. The molecule has 0 unspecified atom stereocenters. The van der Waals surface area contributed by atoms with Gasteiger partial charge < -0.3 is 15.8 Å². The third-order valence-corrected chi connectivity index (χ3v) is 3.15. The van der Waals surface area contributed by atoms with Gasteiger partial charge in [0, 0.05) is 12.1 Å². The van der Waals surface area contributed by atoms with Crippen molar-refractivity contribution in [2.45, 2.75) is 52.0 Å². The summed E-state index contributed by atoms with van der Waals surface area (Å²) in [6, 6.07) is 6.32. The second-order valence-corrected chi connectivity index (χ2v) is 6.83. The minimum atomic E-state index is -0.151. The first-order valence-electron chi connectivity index (χ1n) is 6.85. The van der Waals surface area contributed by atoms with Gasteiger partial charge in [0.2, 0.25) is 0 Å². The van der Waals surface area contributed by atoms with Crippen molar-refractivity contribution in [1.82, 2.24) is 0 Å². The molecule has 0 amide bonds. The molecule has 1 rings (SSSR count). The molecule has 0 saturated heterocycles. The number of nitrogens with one attached hydrogen (secondary N) is 1. The SMILES string of the molecule is COc1ccc(C(C)(C)C)cc1NCCC(C)(C)N. The van der Waals surface area contributed by atoms with E-state index in [2.05, 4.69) is 38.2 Å². The molecule has 0 fully saturated rings. The molecule has 0 aliphatic carbocycles. The van der Waals surface area contributed by atoms with Crippen LogP contribution in [0.2, 0.25) is 0 Å². The lowest BCUT2D eigenvalue weighted by Gasteiger charge is -2.23. The Kier molecular flexibility index (Phi) is 4.86. The van der Waals surface area contributed by atoms with Crippen LogP contribution in [-0.2, 0) is 5.41 Å². The van der Waals surface area contributed by atoms with Crippen LogP contribution in [0.1, 0.15) is 46.6 Å². The van der Waals surface area contributed by atoms with Gasteiger partial charge in [-0.3, -0.25) is 0 Å². The standard InChI is InChI=1S/C16H28N2O/c1-15(2,3)12-7-8-14(19-6)13(11-12)18-10-9-16(4,5)17/h7-8,11,18H,9-10,17H2,1-6H3. The van der Waals surface area contributed by atoms with Crippen LogP contribution in [-0.4, -0.2) is 19.2 Å². The van der Waals surface area contributed by atoms with Crippen LogP contribution in [0.5, 0.6) is 5.75 Å². The van der Waals surface area contributed by atoms with Gasteiger partial charge in [-0.2, -0.15) is 0 Å². The average molecular weight is 264 g/mol. The van der Waals surface area contributed by atoms with Crippen molar-refractivity contribution in [3.63, 3.8) is 0 Å². The fourth-order valence-corrected chi connectivity index (χ4v) is 1.83. The largest absolute Gasteiger partial charge is 0.495 e. The van der Waals surface area contributed by atoms with Crippen molar-refractivity contribution in [2.24, 2.45) is 5.73 Å². The molecule has 0 atom stereocenters. The molecular formula is C16H28N2O. The molecule has 3 N–H and O–H groups in total. The van der Waals surface area contributed by atoms with Crippen molar-refractivity contribution in [1.29, 1.82) is 0 Å². The lowest BCUT2D eigenvalue weighted by Crippen LogP contribution is -2.34. The minimum absolute atomic E-state index is 0.135. The molecule has 3 nitrogen and oxygen atoms in total. The Balaban J connectivity index is 2.85. The average Bonchev–Trinajstić information content (AvgIpc) is 2.26. The molecule has 0 spiro atoms. The Hall–Kier alpha value is -1.22. The second-order valence-electron chi connectivity index (χ2n) is 6.83. The van der Waals surface area contributed by atoms with Gasteiger partial charge in [0.05, 0.1) is 12.8 Å². The van der Waals surface area contributed by atoms with E-state index in [0.717, 1.165) is 24.4 Å². The zero-order valence-corrected chi connectivity index (χ0v) is 13.1. The summed E-state index contributed by atoms with van der Waals surface area (Å²) in [7, 11) is 1.70. The summed E-state index contributed by atoms with van der Waals surface area (Å²) in [6.07, 6.45) is 0.913. The highest BCUT2D eigenvalue weighted by Crippen LogP contribution is 2.31. The van der Waals surface area contributed by atoms with E-state index in [1.165, 1.54) is 5.56 Å². The molecule has 0 aliphatic heterocycles. The van der Waals surface area contributed by atoms with Gasteiger partial charge in [0.25, 0.3) is 0 Å². The maximum absolute atomic E-state index is 6.00. The number of hydrogen-bond donors (Lipinski definition) is 2. The first-order valence-corrected chi connectivity index (χ1v) is 6.85. The van der Waals surface area contributed by atoms with Crippen molar-refractivity contribution in [3.05, 3.63) is 23.8 Å². The Morgan fingerprint density at radius 1 is 1.16 bits per heavy atom. The number of ether oxygens (including phenoxy) is 1. The lowest BCUT2D eigenvalue weighted by molar-refractivity contribution is 0.415. The van der Waals surface area contributed by atoms with Crippen molar-refractivity contribution >= 4 is 5.69 Å². The summed E-state index contributed by atoms with van der Waals surface area (Å²) in [5.74, 6) is 0.878. The van der Waals surface area contributed by atoms with E-state index in [1.807, 2.05) is 19.9 Å². The first-order chi connectivity index (χ1) is 8.63. The highest BCUT2D eigenvalue weighted by Gasteiger charge is 2.16. The van der Waals surface area contributed by atoms with E-state index in [1.54, 1.807) is 7.11 Å². The maximum atomic E-state index is 6.00. The van der Waals surface area contributed by atoms with E-state index in [-0.39, 0.29) is 11.0 Å². The third-order valence-electron chi connectivity index (χ3n) is 3.15. The fourth-order valence-electron chi connectivity index (χ4n) is 1.83. The monoisotopic (exact) mass is 264 g/mol. The molecule has 0 heterocycles. The van der Waals surface area contributed by atoms with Crippen LogP contribution >= 0.6 is 0 Å². The zero-order valence-electron chi connectivity index (χ0n) is 13.1. The van der Waals surface area contributed by atoms with Crippen LogP contribution in [0.3, 0.4) is 0 Å². The van der Waals surface area contributed by atoms with Crippen molar-refractivity contribution < 1.29 is 4.74 Å². The Morgan fingerprint density at radius 3 is 2.26 bits per heavy atom.